The predicted octanol–water partition coefficient (Wildman–Crippen LogP) is 1.12. The highest BCUT2D eigenvalue weighted by molar-refractivity contribution is 5.67. The van der Waals surface area contributed by atoms with Crippen molar-refractivity contribution in [2.45, 2.75) is 46.3 Å². The number of nitrogens with one attached hydrogen (secondary N) is 2. The van der Waals surface area contributed by atoms with Crippen LogP contribution >= 0.6 is 0 Å². The number of ether oxygens (including phenoxy) is 1. The summed E-state index contributed by atoms with van der Waals surface area (Å²) >= 11 is 0. The Hall–Kier alpha value is -0.810. The second-order valence-electron chi connectivity index (χ2n) is 5.48. The minimum atomic E-state index is -0.466. The van der Waals surface area contributed by atoms with Gasteiger partial charge in [-0.05, 0) is 33.6 Å². The van der Waals surface area contributed by atoms with Crippen molar-refractivity contribution in [3.05, 3.63) is 0 Å². The number of rotatable bonds is 6. The Labute approximate surface area is 104 Å². The molecule has 5 heteroatoms. The fraction of sp³-hybridized carbons (Fsp3) is 0.917. The minimum Gasteiger partial charge on any atom is -0.444 e. The molecule has 0 fully saturated rings. The van der Waals surface area contributed by atoms with E-state index in [4.69, 9.17) is 9.84 Å². The maximum Gasteiger partial charge on any atom is 0.407 e. The Morgan fingerprint density at radius 1 is 1.29 bits per heavy atom. The Bertz CT molecular complexity index is 226. The van der Waals surface area contributed by atoms with Crippen LogP contribution in [-0.2, 0) is 4.74 Å². The van der Waals surface area contributed by atoms with Crippen molar-refractivity contribution >= 4 is 6.09 Å². The summed E-state index contributed by atoms with van der Waals surface area (Å²) in [6, 6.07) is 0.150. The van der Waals surface area contributed by atoms with Gasteiger partial charge in [0.05, 0.1) is 0 Å². The summed E-state index contributed by atoms with van der Waals surface area (Å²) in [7, 11) is 0. The molecule has 5 nitrogen and oxygen atoms in total. The minimum absolute atomic E-state index is 0.150. The average Bonchev–Trinajstić information content (AvgIpc) is 2.20. The molecule has 0 spiro atoms. The lowest BCUT2D eigenvalue weighted by Gasteiger charge is -2.21. The fourth-order valence-corrected chi connectivity index (χ4v) is 1.09. The summed E-state index contributed by atoms with van der Waals surface area (Å²) in [4.78, 5) is 11.4. The Morgan fingerprint density at radius 3 is 2.35 bits per heavy atom. The van der Waals surface area contributed by atoms with Crippen molar-refractivity contribution in [3.63, 3.8) is 0 Å². The molecule has 0 aliphatic rings. The zero-order chi connectivity index (χ0) is 13.5. The van der Waals surface area contributed by atoms with Crippen LogP contribution in [-0.4, -0.2) is 42.5 Å². The van der Waals surface area contributed by atoms with E-state index in [2.05, 4.69) is 10.6 Å². The lowest BCUT2D eigenvalue weighted by Crippen LogP contribution is -2.42. The van der Waals surface area contributed by atoms with E-state index < -0.39 is 11.7 Å². The summed E-state index contributed by atoms with van der Waals surface area (Å²) in [5.41, 5.74) is -0.466. The van der Waals surface area contributed by atoms with Gasteiger partial charge in [-0.1, -0.05) is 6.92 Å². The van der Waals surface area contributed by atoms with E-state index in [1.165, 1.54) is 0 Å². The van der Waals surface area contributed by atoms with Gasteiger partial charge < -0.3 is 20.5 Å². The van der Waals surface area contributed by atoms with Crippen molar-refractivity contribution in [1.82, 2.24) is 10.6 Å². The number of carbonyl (C=O) groups excluding carboxylic acids is 1. The summed E-state index contributed by atoms with van der Waals surface area (Å²) in [6.07, 6.45) is -0.402. The van der Waals surface area contributed by atoms with Gasteiger partial charge in [-0.2, -0.15) is 0 Å². The van der Waals surface area contributed by atoms with Gasteiger partial charge >= 0.3 is 6.09 Å². The molecule has 0 aromatic heterocycles. The highest BCUT2D eigenvalue weighted by atomic mass is 16.6. The van der Waals surface area contributed by atoms with E-state index in [0.29, 0.717) is 6.54 Å². The second-order valence-corrected chi connectivity index (χ2v) is 5.48. The molecule has 0 aliphatic carbocycles. The smallest absolute Gasteiger partial charge is 0.407 e. The van der Waals surface area contributed by atoms with Gasteiger partial charge in [0.25, 0.3) is 0 Å². The van der Waals surface area contributed by atoms with Crippen LogP contribution in [0, 0.1) is 5.92 Å². The summed E-state index contributed by atoms with van der Waals surface area (Å²) in [5, 5.41) is 14.8. The van der Waals surface area contributed by atoms with Crippen molar-refractivity contribution in [2.75, 3.05) is 19.7 Å². The number of carbonyl (C=O) groups is 1. The lowest BCUT2D eigenvalue weighted by atomic mass is 10.2. The highest BCUT2D eigenvalue weighted by Gasteiger charge is 2.16. The van der Waals surface area contributed by atoms with Gasteiger partial charge in [0.2, 0.25) is 0 Å². The van der Waals surface area contributed by atoms with Crippen LogP contribution in [0.2, 0.25) is 0 Å². The van der Waals surface area contributed by atoms with Gasteiger partial charge in [0, 0.05) is 25.7 Å². The fourth-order valence-electron chi connectivity index (χ4n) is 1.09. The summed E-state index contributed by atoms with van der Waals surface area (Å²) in [5.74, 6) is 0.221. The SMILES string of the molecule is CC(CO)CNC(C)CNC(=O)OC(C)(C)C. The van der Waals surface area contributed by atoms with Gasteiger partial charge in [-0.25, -0.2) is 4.79 Å². The number of aliphatic hydroxyl groups is 1. The molecule has 0 saturated heterocycles. The molecule has 0 radical (unpaired) electrons. The third-order valence-electron chi connectivity index (χ3n) is 2.08. The van der Waals surface area contributed by atoms with Gasteiger partial charge in [-0.3, -0.25) is 0 Å². The topological polar surface area (TPSA) is 70.6 Å². The number of hydrogen-bond acceptors (Lipinski definition) is 4. The molecule has 0 aliphatic heterocycles. The van der Waals surface area contributed by atoms with Gasteiger partial charge in [-0.15, -0.1) is 0 Å². The van der Waals surface area contributed by atoms with E-state index in [9.17, 15) is 4.79 Å². The first-order valence-corrected chi connectivity index (χ1v) is 6.05. The molecule has 1 amide bonds. The van der Waals surface area contributed by atoms with Crippen LogP contribution in [0.4, 0.5) is 4.79 Å². The molecule has 0 heterocycles. The van der Waals surface area contributed by atoms with Crippen LogP contribution in [0.3, 0.4) is 0 Å². The van der Waals surface area contributed by atoms with Gasteiger partial charge in [0.15, 0.2) is 0 Å². The maximum atomic E-state index is 11.4. The molecule has 0 rings (SSSR count). The molecular formula is C12H26N2O3. The van der Waals surface area contributed by atoms with Crippen LogP contribution in [0.15, 0.2) is 0 Å². The highest BCUT2D eigenvalue weighted by Crippen LogP contribution is 2.06. The molecule has 0 aromatic rings. The Kier molecular flexibility index (Phi) is 7.15. The van der Waals surface area contributed by atoms with Crippen molar-refractivity contribution < 1.29 is 14.6 Å². The first-order chi connectivity index (χ1) is 7.74. The lowest BCUT2D eigenvalue weighted by molar-refractivity contribution is 0.0523. The molecule has 3 N–H and O–H groups in total. The van der Waals surface area contributed by atoms with E-state index in [1.54, 1.807) is 0 Å². The molecule has 2 unspecified atom stereocenters. The molecular weight excluding hydrogens is 220 g/mol. The number of hydrogen-bond donors (Lipinski definition) is 3. The average molecular weight is 246 g/mol. The van der Waals surface area contributed by atoms with Crippen LogP contribution < -0.4 is 10.6 Å². The maximum absolute atomic E-state index is 11.4. The molecule has 17 heavy (non-hydrogen) atoms. The first kappa shape index (κ1) is 16.2. The van der Waals surface area contributed by atoms with E-state index in [1.807, 2.05) is 34.6 Å². The van der Waals surface area contributed by atoms with Crippen LogP contribution in [0.25, 0.3) is 0 Å². The quantitative estimate of drug-likeness (QED) is 0.657. The standard InChI is InChI=1S/C12H26N2O3/c1-9(8-15)6-13-10(2)7-14-11(16)17-12(3,4)5/h9-10,13,15H,6-8H2,1-5H3,(H,14,16). The largest absolute Gasteiger partial charge is 0.444 e. The first-order valence-electron chi connectivity index (χ1n) is 6.05. The van der Waals surface area contributed by atoms with E-state index in [-0.39, 0.29) is 18.6 Å². The zero-order valence-corrected chi connectivity index (χ0v) is 11.5. The van der Waals surface area contributed by atoms with Crippen molar-refractivity contribution in [1.29, 1.82) is 0 Å². The van der Waals surface area contributed by atoms with Crippen LogP contribution in [0.5, 0.6) is 0 Å². The number of aliphatic hydroxyl groups excluding tert-OH is 1. The van der Waals surface area contributed by atoms with E-state index in [0.717, 1.165) is 6.54 Å². The molecule has 0 bridgehead atoms. The van der Waals surface area contributed by atoms with Crippen molar-refractivity contribution in [3.8, 4) is 0 Å². The summed E-state index contributed by atoms with van der Waals surface area (Å²) in [6.45, 7) is 10.8. The van der Waals surface area contributed by atoms with Gasteiger partial charge in [0.1, 0.15) is 5.60 Å². The second kappa shape index (κ2) is 7.50. The molecule has 0 saturated carbocycles. The van der Waals surface area contributed by atoms with E-state index >= 15 is 0 Å². The monoisotopic (exact) mass is 246 g/mol. The predicted molar refractivity (Wildman–Crippen MR) is 68.0 cm³/mol. The number of amides is 1. The van der Waals surface area contributed by atoms with Crippen molar-refractivity contribution in [2.24, 2.45) is 5.92 Å². The Morgan fingerprint density at radius 2 is 1.88 bits per heavy atom. The molecule has 102 valence electrons. The number of alkyl carbamates (subject to hydrolysis) is 1. The summed E-state index contributed by atoms with van der Waals surface area (Å²) < 4.78 is 5.12. The third-order valence-corrected chi connectivity index (χ3v) is 2.08. The van der Waals surface area contributed by atoms with Crippen LogP contribution in [0.1, 0.15) is 34.6 Å². The normalized spacial score (nSPS) is 15.2. The Balaban J connectivity index is 3.69. The zero-order valence-electron chi connectivity index (χ0n) is 11.5. The molecule has 0 aromatic carbocycles. The third kappa shape index (κ3) is 10.1. The molecule has 2 atom stereocenters.